The summed E-state index contributed by atoms with van der Waals surface area (Å²) in [5.74, 6) is 3.30. The number of hydrogen-bond donors (Lipinski definition) is 4. The standard InChI is InChI=1S/C38H54N4/c1-2-8-27-17-18-31(24-35(27)39)30-13-7-14-32(23-30)36-40-37(33-19-15-25-9-3-5-11-28(25)21-33)42-38(41-36)34-20-16-26-10-4-6-12-29(26)22-34/h3,6,9,12,14,16,20-21,23,26-27,29,31,34-38,40-42H,2,4-5,7-8,10-11,13,15,17-19,22,24,39H2,1H3. The molecule has 1 heterocycles. The zero-order valence-electron chi connectivity index (χ0n) is 25.9. The third-order valence-corrected chi connectivity index (χ3v) is 11.7. The summed E-state index contributed by atoms with van der Waals surface area (Å²) in [6.45, 7) is 2.30. The quantitative estimate of drug-likeness (QED) is 0.252. The zero-order valence-corrected chi connectivity index (χ0v) is 25.9. The molecule has 2 fully saturated rings. The van der Waals surface area contributed by atoms with E-state index in [9.17, 15) is 0 Å². The van der Waals surface area contributed by atoms with Gasteiger partial charge in [0.1, 0.15) is 0 Å². The van der Waals surface area contributed by atoms with Gasteiger partial charge in [-0.1, -0.05) is 73.6 Å². The van der Waals surface area contributed by atoms with Crippen LogP contribution in [0.2, 0.25) is 0 Å². The average Bonchev–Trinajstić information content (AvgIpc) is 3.05. The molecule has 0 bridgehead atoms. The maximum atomic E-state index is 6.73. The smallest absolute Gasteiger partial charge is 0.0858 e. The van der Waals surface area contributed by atoms with Gasteiger partial charge < -0.3 is 5.73 Å². The Kier molecular flexibility index (Phi) is 8.86. The van der Waals surface area contributed by atoms with Crippen molar-refractivity contribution in [2.24, 2.45) is 35.3 Å². The van der Waals surface area contributed by atoms with Crippen LogP contribution in [0.25, 0.3) is 0 Å². The van der Waals surface area contributed by atoms with Crippen molar-refractivity contribution in [1.29, 1.82) is 0 Å². The van der Waals surface area contributed by atoms with E-state index in [4.69, 9.17) is 5.73 Å². The second kappa shape index (κ2) is 12.9. The molecule has 7 aliphatic rings. The van der Waals surface area contributed by atoms with E-state index in [0.29, 0.717) is 23.8 Å². The fourth-order valence-electron chi connectivity index (χ4n) is 9.21. The number of nitrogens with two attached hydrogens (primary N) is 1. The monoisotopic (exact) mass is 566 g/mol. The number of fused-ring (bicyclic) bond motifs is 1. The van der Waals surface area contributed by atoms with Crippen LogP contribution in [-0.4, -0.2) is 24.5 Å². The van der Waals surface area contributed by atoms with Crippen LogP contribution in [0.5, 0.6) is 0 Å². The Morgan fingerprint density at radius 3 is 2.55 bits per heavy atom. The summed E-state index contributed by atoms with van der Waals surface area (Å²) in [6, 6.07) is 0.366. The highest BCUT2D eigenvalue weighted by molar-refractivity contribution is 5.43. The highest BCUT2D eigenvalue weighted by Crippen LogP contribution is 2.40. The van der Waals surface area contributed by atoms with Crippen molar-refractivity contribution in [3.63, 3.8) is 0 Å². The molecule has 9 unspecified atom stereocenters. The Balaban J connectivity index is 1.12. The minimum Gasteiger partial charge on any atom is -0.327 e. The molecule has 4 heteroatoms. The Labute approximate surface area is 254 Å². The number of nitrogens with one attached hydrogen (secondary N) is 3. The van der Waals surface area contributed by atoms with Gasteiger partial charge >= 0.3 is 0 Å². The van der Waals surface area contributed by atoms with Gasteiger partial charge in [0, 0.05) is 12.0 Å². The number of hydrogen-bond acceptors (Lipinski definition) is 4. The third-order valence-electron chi connectivity index (χ3n) is 11.7. The molecule has 6 aliphatic carbocycles. The molecule has 0 aromatic heterocycles. The van der Waals surface area contributed by atoms with E-state index in [1.54, 1.807) is 16.7 Å². The summed E-state index contributed by atoms with van der Waals surface area (Å²) in [7, 11) is 0. The van der Waals surface area contributed by atoms with E-state index >= 15 is 0 Å². The highest BCUT2D eigenvalue weighted by atomic mass is 15.4. The van der Waals surface area contributed by atoms with Crippen LogP contribution in [-0.2, 0) is 0 Å². The lowest BCUT2D eigenvalue weighted by Crippen LogP contribution is -2.70. The molecule has 1 aliphatic heterocycles. The van der Waals surface area contributed by atoms with Gasteiger partial charge in [0.05, 0.1) is 18.5 Å². The van der Waals surface area contributed by atoms with Crippen molar-refractivity contribution in [3.8, 4) is 0 Å². The van der Waals surface area contributed by atoms with Crippen molar-refractivity contribution in [2.45, 2.75) is 121 Å². The van der Waals surface area contributed by atoms with Gasteiger partial charge in [0.15, 0.2) is 0 Å². The van der Waals surface area contributed by atoms with Crippen LogP contribution >= 0.6 is 0 Å². The molecular formula is C38H54N4. The van der Waals surface area contributed by atoms with E-state index in [1.807, 2.05) is 0 Å². The molecule has 1 saturated carbocycles. The van der Waals surface area contributed by atoms with Crippen LogP contribution in [0.1, 0.15) is 96.8 Å². The molecule has 7 rings (SSSR count). The van der Waals surface area contributed by atoms with Crippen molar-refractivity contribution < 1.29 is 0 Å². The number of allylic oxidation sites excluding steroid dienone is 10. The fraction of sp³-hybridized carbons (Fsp3) is 0.632. The lowest BCUT2D eigenvalue weighted by molar-refractivity contribution is 0.176. The van der Waals surface area contributed by atoms with E-state index in [0.717, 1.165) is 24.7 Å². The van der Waals surface area contributed by atoms with Crippen LogP contribution in [0, 0.1) is 29.6 Å². The first-order valence-electron chi connectivity index (χ1n) is 17.5. The molecular weight excluding hydrogens is 512 g/mol. The van der Waals surface area contributed by atoms with Gasteiger partial charge in [-0.15, -0.1) is 0 Å². The Morgan fingerprint density at radius 1 is 0.738 bits per heavy atom. The van der Waals surface area contributed by atoms with Crippen LogP contribution < -0.4 is 21.7 Å². The summed E-state index contributed by atoms with van der Waals surface area (Å²) in [5.41, 5.74) is 14.5. The second-order valence-electron chi connectivity index (χ2n) is 14.4. The van der Waals surface area contributed by atoms with Gasteiger partial charge in [-0.25, -0.2) is 0 Å². The average molecular weight is 567 g/mol. The summed E-state index contributed by atoms with van der Waals surface area (Å²) in [5, 5.41) is 12.2. The lowest BCUT2D eigenvalue weighted by atomic mass is 9.72. The molecule has 0 aromatic carbocycles. The van der Waals surface area contributed by atoms with Crippen molar-refractivity contribution >= 4 is 0 Å². The number of rotatable bonds is 6. The van der Waals surface area contributed by atoms with Crippen LogP contribution in [0.3, 0.4) is 0 Å². The molecule has 226 valence electrons. The van der Waals surface area contributed by atoms with Crippen LogP contribution in [0.15, 0.2) is 82.5 Å². The van der Waals surface area contributed by atoms with Crippen LogP contribution in [0.4, 0.5) is 0 Å². The summed E-state index contributed by atoms with van der Waals surface area (Å²) in [6.07, 6.45) is 40.1. The second-order valence-corrected chi connectivity index (χ2v) is 14.4. The molecule has 4 nitrogen and oxygen atoms in total. The van der Waals surface area contributed by atoms with Gasteiger partial charge in [-0.2, -0.15) is 0 Å². The van der Waals surface area contributed by atoms with Gasteiger partial charge in [-0.3, -0.25) is 16.0 Å². The van der Waals surface area contributed by atoms with E-state index < -0.39 is 0 Å². The molecule has 0 radical (unpaired) electrons. The predicted octanol–water partition coefficient (Wildman–Crippen LogP) is 7.46. The summed E-state index contributed by atoms with van der Waals surface area (Å²) in [4.78, 5) is 0. The Morgan fingerprint density at radius 2 is 1.64 bits per heavy atom. The summed E-state index contributed by atoms with van der Waals surface area (Å²) < 4.78 is 0. The molecule has 1 saturated heterocycles. The Hall–Kier alpha value is -1.98. The van der Waals surface area contributed by atoms with Gasteiger partial charge in [0.25, 0.3) is 0 Å². The first kappa shape index (κ1) is 28.8. The fourth-order valence-corrected chi connectivity index (χ4v) is 9.21. The van der Waals surface area contributed by atoms with E-state index in [1.165, 1.54) is 88.2 Å². The molecule has 0 aromatic rings. The van der Waals surface area contributed by atoms with E-state index in [2.05, 4.69) is 77.6 Å². The largest absolute Gasteiger partial charge is 0.327 e. The summed E-state index contributed by atoms with van der Waals surface area (Å²) >= 11 is 0. The minimum absolute atomic E-state index is 0.164. The van der Waals surface area contributed by atoms with Gasteiger partial charge in [0.2, 0.25) is 0 Å². The Bertz CT molecular complexity index is 1210. The maximum absolute atomic E-state index is 6.73. The topological polar surface area (TPSA) is 62.1 Å². The first-order valence-corrected chi connectivity index (χ1v) is 17.5. The molecule has 0 amide bonds. The zero-order chi connectivity index (χ0) is 28.5. The first-order chi connectivity index (χ1) is 20.6. The van der Waals surface area contributed by atoms with E-state index in [-0.39, 0.29) is 18.5 Å². The molecule has 5 N–H and O–H groups in total. The van der Waals surface area contributed by atoms with Crippen molar-refractivity contribution in [1.82, 2.24) is 16.0 Å². The van der Waals surface area contributed by atoms with Crippen molar-refractivity contribution in [2.75, 3.05) is 0 Å². The highest BCUT2D eigenvalue weighted by Gasteiger charge is 2.38. The lowest BCUT2D eigenvalue weighted by Gasteiger charge is -2.46. The molecule has 42 heavy (non-hydrogen) atoms. The minimum atomic E-state index is 0.164. The van der Waals surface area contributed by atoms with Gasteiger partial charge in [-0.05, 0) is 129 Å². The van der Waals surface area contributed by atoms with Crippen molar-refractivity contribution in [3.05, 3.63) is 82.5 Å². The normalized spacial score (nSPS) is 40.1. The predicted molar refractivity (Wildman–Crippen MR) is 175 cm³/mol. The molecule has 9 atom stereocenters. The maximum Gasteiger partial charge on any atom is 0.0858 e. The third kappa shape index (κ3) is 6.15. The SMILES string of the molecule is CCCC1CCC(C2=CC(C3NC(C4=CC5=C(C=CCC5)CC4)NC(C4C=CC5CCC=CC5C4)N3)=CCC2)CC1N. The molecule has 0 spiro atoms.